The summed E-state index contributed by atoms with van der Waals surface area (Å²) in [5, 5.41) is 0. The minimum atomic E-state index is 0.606. The van der Waals surface area contributed by atoms with Crippen LogP contribution in [0.3, 0.4) is 0 Å². The van der Waals surface area contributed by atoms with E-state index in [1.807, 2.05) is 0 Å². The van der Waals surface area contributed by atoms with E-state index in [1.165, 1.54) is 30.4 Å². The average molecular weight is 158 g/mol. The van der Waals surface area contributed by atoms with Crippen molar-refractivity contribution in [2.45, 2.75) is 25.2 Å². The van der Waals surface area contributed by atoms with Gasteiger partial charge in [-0.3, -0.25) is 0 Å². The largest absolute Gasteiger partial charge is 0.102 e. The number of benzene rings is 1. The number of rotatable bonds is 1. The molecule has 62 valence electrons. The Morgan fingerprint density at radius 1 is 1.33 bits per heavy atom. The zero-order valence-corrected chi connectivity index (χ0v) is 7.29. The molecule has 0 amide bonds. The van der Waals surface area contributed by atoms with Gasteiger partial charge in [-0.25, -0.2) is 0 Å². The predicted molar refractivity (Wildman–Crippen MR) is 52.3 cm³/mol. The van der Waals surface area contributed by atoms with Gasteiger partial charge in [-0.2, -0.15) is 0 Å². The lowest BCUT2D eigenvalue weighted by Gasteiger charge is -2.22. The zero-order valence-electron chi connectivity index (χ0n) is 7.29. The van der Waals surface area contributed by atoms with E-state index in [9.17, 15) is 0 Å². The molecule has 0 nitrogen and oxygen atoms in total. The Labute approximate surface area is 73.9 Å². The van der Waals surface area contributed by atoms with Crippen LogP contribution in [0.4, 0.5) is 0 Å². The third-order valence-electron chi connectivity index (χ3n) is 2.70. The van der Waals surface area contributed by atoms with E-state index in [4.69, 9.17) is 0 Å². The monoisotopic (exact) mass is 158 g/mol. The Bertz CT molecular complexity index is 286. The van der Waals surface area contributed by atoms with E-state index in [-0.39, 0.29) is 0 Å². The first-order valence-corrected chi connectivity index (χ1v) is 4.62. The van der Waals surface area contributed by atoms with Crippen molar-refractivity contribution in [2.75, 3.05) is 0 Å². The smallest absolute Gasteiger partial charge is 0.00181 e. The fourth-order valence-corrected chi connectivity index (χ4v) is 2.04. The van der Waals surface area contributed by atoms with Crippen LogP contribution in [0, 0.1) is 0 Å². The van der Waals surface area contributed by atoms with Crippen molar-refractivity contribution in [1.29, 1.82) is 0 Å². The highest BCUT2D eigenvalue weighted by molar-refractivity contribution is 5.34. The molecule has 12 heavy (non-hydrogen) atoms. The van der Waals surface area contributed by atoms with Gasteiger partial charge < -0.3 is 0 Å². The molecule has 1 aromatic carbocycles. The third-order valence-corrected chi connectivity index (χ3v) is 2.70. The maximum Gasteiger partial charge on any atom is 0.00181 e. The first-order chi connectivity index (χ1) is 5.92. The molecule has 0 radical (unpaired) electrons. The normalized spacial score (nSPS) is 21.5. The zero-order chi connectivity index (χ0) is 8.39. The van der Waals surface area contributed by atoms with E-state index < -0.39 is 0 Å². The summed E-state index contributed by atoms with van der Waals surface area (Å²) in [6.07, 6.45) is 5.92. The van der Waals surface area contributed by atoms with Crippen LogP contribution in [0.15, 0.2) is 36.9 Å². The Kier molecular flexibility index (Phi) is 1.99. The maximum atomic E-state index is 3.88. The molecule has 0 N–H and O–H groups in total. The molecule has 0 aliphatic heterocycles. The van der Waals surface area contributed by atoms with Crippen molar-refractivity contribution in [1.82, 2.24) is 0 Å². The van der Waals surface area contributed by atoms with Gasteiger partial charge in [0, 0.05) is 5.92 Å². The fourth-order valence-electron chi connectivity index (χ4n) is 2.04. The van der Waals surface area contributed by atoms with Crippen molar-refractivity contribution >= 4 is 0 Å². The van der Waals surface area contributed by atoms with E-state index in [0.29, 0.717) is 5.92 Å². The molecular weight excluding hydrogens is 144 g/mol. The number of hydrogen-bond donors (Lipinski definition) is 0. The Morgan fingerprint density at radius 3 is 3.00 bits per heavy atom. The summed E-state index contributed by atoms with van der Waals surface area (Å²) in [5.41, 5.74) is 3.02. The first-order valence-electron chi connectivity index (χ1n) is 4.62. The number of allylic oxidation sites excluding steroid dienone is 1. The molecule has 1 unspecified atom stereocenters. The molecule has 1 aliphatic carbocycles. The predicted octanol–water partition coefficient (Wildman–Crippen LogP) is 3.29. The Morgan fingerprint density at radius 2 is 2.17 bits per heavy atom. The molecule has 0 bridgehead atoms. The highest BCUT2D eigenvalue weighted by atomic mass is 14.2. The second-order valence-electron chi connectivity index (χ2n) is 3.43. The number of aryl methyl sites for hydroxylation is 1. The van der Waals surface area contributed by atoms with Crippen molar-refractivity contribution in [3.05, 3.63) is 48.0 Å². The van der Waals surface area contributed by atoms with Crippen LogP contribution < -0.4 is 0 Å². The summed E-state index contributed by atoms with van der Waals surface area (Å²) < 4.78 is 0. The molecule has 0 heteroatoms. The first kappa shape index (κ1) is 7.60. The van der Waals surface area contributed by atoms with Crippen LogP contribution in [0.25, 0.3) is 0 Å². The molecular formula is C12H14. The van der Waals surface area contributed by atoms with Gasteiger partial charge in [0.05, 0.1) is 0 Å². The second-order valence-corrected chi connectivity index (χ2v) is 3.43. The lowest BCUT2D eigenvalue weighted by molar-refractivity contribution is 0.630. The highest BCUT2D eigenvalue weighted by Crippen LogP contribution is 2.31. The lowest BCUT2D eigenvalue weighted by Crippen LogP contribution is -2.06. The molecule has 0 fully saturated rings. The number of hydrogen-bond acceptors (Lipinski definition) is 0. The van der Waals surface area contributed by atoms with Gasteiger partial charge in [0.1, 0.15) is 0 Å². The molecule has 2 rings (SSSR count). The Balaban J connectivity index is 2.43. The molecule has 0 spiro atoms. The van der Waals surface area contributed by atoms with Gasteiger partial charge in [0.15, 0.2) is 0 Å². The molecule has 0 saturated carbocycles. The Hall–Kier alpha value is -1.04. The van der Waals surface area contributed by atoms with Gasteiger partial charge in [0.25, 0.3) is 0 Å². The second kappa shape index (κ2) is 3.14. The summed E-state index contributed by atoms with van der Waals surface area (Å²) in [4.78, 5) is 0. The van der Waals surface area contributed by atoms with Gasteiger partial charge in [-0.05, 0) is 30.4 Å². The molecule has 1 aliphatic rings. The van der Waals surface area contributed by atoms with E-state index in [1.54, 1.807) is 0 Å². The summed E-state index contributed by atoms with van der Waals surface area (Å²) in [6.45, 7) is 3.88. The minimum absolute atomic E-state index is 0.606. The quantitative estimate of drug-likeness (QED) is 0.550. The van der Waals surface area contributed by atoms with Crippen LogP contribution in [0.2, 0.25) is 0 Å². The van der Waals surface area contributed by atoms with Crippen LogP contribution in [-0.4, -0.2) is 0 Å². The highest BCUT2D eigenvalue weighted by Gasteiger charge is 2.15. The van der Waals surface area contributed by atoms with Crippen molar-refractivity contribution < 1.29 is 0 Å². The van der Waals surface area contributed by atoms with Crippen LogP contribution in [0.1, 0.15) is 29.9 Å². The standard InChI is InChI=1S/C12H14/c1-2-10-7-5-8-11-6-3-4-9-12(10)11/h2-4,6,9-10H,1,5,7-8H2. The topological polar surface area (TPSA) is 0 Å². The van der Waals surface area contributed by atoms with Crippen molar-refractivity contribution in [3.8, 4) is 0 Å². The molecule has 1 aromatic rings. The summed E-state index contributed by atoms with van der Waals surface area (Å²) in [6, 6.07) is 8.73. The van der Waals surface area contributed by atoms with Gasteiger partial charge in [0.2, 0.25) is 0 Å². The average Bonchev–Trinajstić information content (AvgIpc) is 2.17. The molecule has 0 aromatic heterocycles. The van der Waals surface area contributed by atoms with Crippen LogP contribution in [-0.2, 0) is 6.42 Å². The third kappa shape index (κ3) is 1.18. The molecule has 1 atom stereocenters. The van der Waals surface area contributed by atoms with E-state index in [2.05, 4.69) is 36.9 Å². The van der Waals surface area contributed by atoms with E-state index >= 15 is 0 Å². The summed E-state index contributed by atoms with van der Waals surface area (Å²) >= 11 is 0. The summed E-state index contributed by atoms with van der Waals surface area (Å²) in [7, 11) is 0. The number of fused-ring (bicyclic) bond motifs is 1. The maximum absolute atomic E-state index is 3.88. The molecule has 0 saturated heterocycles. The van der Waals surface area contributed by atoms with Gasteiger partial charge in [-0.1, -0.05) is 30.3 Å². The molecule has 0 heterocycles. The van der Waals surface area contributed by atoms with Crippen molar-refractivity contribution in [3.63, 3.8) is 0 Å². The van der Waals surface area contributed by atoms with E-state index in [0.717, 1.165) is 0 Å². The minimum Gasteiger partial charge on any atom is -0.102 e. The SMILES string of the molecule is C=CC1CCCc2ccccc21. The fraction of sp³-hybridized carbons (Fsp3) is 0.333. The van der Waals surface area contributed by atoms with Crippen LogP contribution in [0.5, 0.6) is 0 Å². The van der Waals surface area contributed by atoms with Crippen molar-refractivity contribution in [2.24, 2.45) is 0 Å². The van der Waals surface area contributed by atoms with Crippen LogP contribution >= 0.6 is 0 Å². The van der Waals surface area contributed by atoms with Gasteiger partial charge >= 0.3 is 0 Å². The summed E-state index contributed by atoms with van der Waals surface area (Å²) in [5.74, 6) is 0.606. The lowest BCUT2D eigenvalue weighted by atomic mass is 9.83. The van der Waals surface area contributed by atoms with Gasteiger partial charge in [-0.15, -0.1) is 6.58 Å².